The van der Waals surface area contributed by atoms with Gasteiger partial charge in [0.1, 0.15) is 0 Å². The Kier molecular flexibility index (Phi) is 3.69. The third-order valence-corrected chi connectivity index (χ3v) is 3.37. The molecule has 2 N–H and O–H groups in total. The Hall–Kier alpha value is -1.07. The van der Waals surface area contributed by atoms with Crippen molar-refractivity contribution in [1.82, 2.24) is 4.90 Å². The Balaban J connectivity index is 2.24. The maximum Gasteiger partial charge on any atom is 0.256 e. The molecule has 92 valence electrons. The van der Waals surface area contributed by atoms with Gasteiger partial charge in [0.05, 0.1) is 24.8 Å². The van der Waals surface area contributed by atoms with E-state index in [1.165, 1.54) is 0 Å². The van der Waals surface area contributed by atoms with Gasteiger partial charge in [-0.1, -0.05) is 15.9 Å². The lowest BCUT2D eigenvalue weighted by Gasteiger charge is -2.33. The van der Waals surface area contributed by atoms with Gasteiger partial charge in [0.15, 0.2) is 0 Å². The summed E-state index contributed by atoms with van der Waals surface area (Å²) >= 11 is 3.33. The third-order valence-electron chi connectivity index (χ3n) is 2.87. The molecule has 1 heterocycles. The molecule has 0 aliphatic carbocycles. The number of hydrogen-bond acceptors (Lipinski definition) is 3. The first kappa shape index (κ1) is 12.4. The molecule has 1 aliphatic rings. The summed E-state index contributed by atoms with van der Waals surface area (Å²) < 4.78 is 6.19. The van der Waals surface area contributed by atoms with Crippen LogP contribution < -0.4 is 5.73 Å². The molecule has 2 rings (SSSR count). The zero-order valence-corrected chi connectivity index (χ0v) is 11.2. The van der Waals surface area contributed by atoms with Crippen LogP contribution >= 0.6 is 15.9 Å². The number of hydrogen-bond donors (Lipinski definition) is 1. The van der Waals surface area contributed by atoms with Crippen molar-refractivity contribution in [2.75, 3.05) is 25.5 Å². The number of benzene rings is 1. The monoisotopic (exact) mass is 298 g/mol. The van der Waals surface area contributed by atoms with Gasteiger partial charge < -0.3 is 15.4 Å². The number of nitrogens with zero attached hydrogens (tertiary/aromatic N) is 1. The number of amides is 1. The molecule has 1 amide bonds. The molecule has 1 aliphatic heterocycles. The minimum Gasteiger partial charge on any atom is -0.398 e. The maximum absolute atomic E-state index is 12.3. The van der Waals surface area contributed by atoms with E-state index in [1.54, 1.807) is 12.1 Å². The minimum absolute atomic E-state index is 0.0224. The molecule has 1 atom stereocenters. The van der Waals surface area contributed by atoms with E-state index in [9.17, 15) is 4.79 Å². The van der Waals surface area contributed by atoms with Crippen molar-refractivity contribution in [3.05, 3.63) is 28.2 Å². The maximum atomic E-state index is 12.3. The molecule has 4 nitrogen and oxygen atoms in total. The molecule has 1 aromatic rings. The second-order valence-electron chi connectivity index (χ2n) is 4.15. The SMILES string of the molecule is C[C@H]1COCCN1C(=O)c1ccc(Br)cc1N. The van der Waals surface area contributed by atoms with E-state index in [-0.39, 0.29) is 11.9 Å². The van der Waals surface area contributed by atoms with E-state index in [0.717, 1.165) is 4.47 Å². The van der Waals surface area contributed by atoms with Gasteiger partial charge in [0.25, 0.3) is 5.91 Å². The standard InChI is InChI=1S/C12H15BrN2O2/c1-8-7-17-5-4-15(8)12(16)10-3-2-9(13)6-11(10)14/h2-3,6,8H,4-5,7,14H2,1H3/t8-/m0/s1. The summed E-state index contributed by atoms with van der Waals surface area (Å²) in [7, 11) is 0. The Morgan fingerprint density at radius 2 is 2.35 bits per heavy atom. The summed E-state index contributed by atoms with van der Waals surface area (Å²) in [4.78, 5) is 14.1. The number of rotatable bonds is 1. The van der Waals surface area contributed by atoms with Gasteiger partial charge in [-0.3, -0.25) is 4.79 Å². The van der Waals surface area contributed by atoms with Gasteiger partial charge >= 0.3 is 0 Å². The molecule has 0 unspecified atom stereocenters. The molecule has 1 aromatic carbocycles. The van der Waals surface area contributed by atoms with Crippen molar-refractivity contribution >= 4 is 27.5 Å². The quantitative estimate of drug-likeness (QED) is 0.806. The summed E-state index contributed by atoms with van der Waals surface area (Å²) in [5.74, 6) is -0.0224. The average molecular weight is 299 g/mol. The number of morpholine rings is 1. The number of carbonyl (C=O) groups excluding carboxylic acids is 1. The highest BCUT2D eigenvalue weighted by atomic mass is 79.9. The van der Waals surface area contributed by atoms with Crippen LogP contribution in [0.1, 0.15) is 17.3 Å². The normalized spacial score (nSPS) is 20.4. The number of halogens is 1. The number of ether oxygens (including phenoxy) is 1. The minimum atomic E-state index is -0.0224. The van der Waals surface area contributed by atoms with Gasteiger partial charge in [-0.05, 0) is 25.1 Å². The largest absolute Gasteiger partial charge is 0.398 e. The summed E-state index contributed by atoms with van der Waals surface area (Å²) in [6.07, 6.45) is 0. The van der Waals surface area contributed by atoms with Gasteiger partial charge in [-0.2, -0.15) is 0 Å². The van der Waals surface area contributed by atoms with Crippen LogP contribution in [0.2, 0.25) is 0 Å². The van der Waals surface area contributed by atoms with E-state index < -0.39 is 0 Å². The molecule has 0 aromatic heterocycles. The van der Waals surface area contributed by atoms with Gasteiger partial charge in [-0.15, -0.1) is 0 Å². The summed E-state index contributed by atoms with van der Waals surface area (Å²) in [5.41, 5.74) is 6.93. The van der Waals surface area contributed by atoms with Crippen molar-refractivity contribution < 1.29 is 9.53 Å². The molecule has 0 bridgehead atoms. The average Bonchev–Trinajstić information content (AvgIpc) is 2.29. The molecule has 0 radical (unpaired) electrons. The zero-order valence-electron chi connectivity index (χ0n) is 9.65. The molecule has 0 saturated carbocycles. The smallest absolute Gasteiger partial charge is 0.256 e. The predicted molar refractivity (Wildman–Crippen MR) is 69.9 cm³/mol. The van der Waals surface area contributed by atoms with Crippen LogP contribution in [0, 0.1) is 0 Å². The van der Waals surface area contributed by atoms with Crippen molar-refractivity contribution in [2.45, 2.75) is 13.0 Å². The van der Waals surface area contributed by atoms with Crippen LogP contribution in [0.4, 0.5) is 5.69 Å². The molecular formula is C12H15BrN2O2. The van der Waals surface area contributed by atoms with Crippen molar-refractivity contribution in [1.29, 1.82) is 0 Å². The Morgan fingerprint density at radius 1 is 1.59 bits per heavy atom. The lowest BCUT2D eigenvalue weighted by atomic mass is 10.1. The molecule has 0 spiro atoms. The van der Waals surface area contributed by atoms with E-state index >= 15 is 0 Å². The summed E-state index contributed by atoms with van der Waals surface area (Å²) in [6, 6.07) is 5.43. The molecule has 17 heavy (non-hydrogen) atoms. The molecule has 1 saturated heterocycles. The molecule has 1 fully saturated rings. The first-order valence-corrected chi connectivity index (χ1v) is 6.32. The first-order valence-electron chi connectivity index (χ1n) is 5.53. The van der Waals surface area contributed by atoms with Gasteiger partial charge in [0.2, 0.25) is 0 Å². The molecular weight excluding hydrogens is 284 g/mol. The molecule has 5 heteroatoms. The number of nitrogen functional groups attached to an aromatic ring is 1. The fraction of sp³-hybridized carbons (Fsp3) is 0.417. The predicted octanol–water partition coefficient (Wildman–Crippen LogP) is 1.89. The van der Waals surface area contributed by atoms with Crippen molar-refractivity contribution in [3.63, 3.8) is 0 Å². The van der Waals surface area contributed by atoms with Crippen LogP contribution in [0.25, 0.3) is 0 Å². The second kappa shape index (κ2) is 5.06. The fourth-order valence-corrected chi connectivity index (χ4v) is 2.29. The van der Waals surface area contributed by atoms with E-state index in [0.29, 0.717) is 31.0 Å². The number of carbonyl (C=O) groups is 1. The zero-order chi connectivity index (χ0) is 12.4. The lowest BCUT2D eigenvalue weighted by molar-refractivity contribution is 0.00365. The third kappa shape index (κ3) is 2.61. The van der Waals surface area contributed by atoms with Crippen molar-refractivity contribution in [2.24, 2.45) is 0 Å². The van der Waals surface area contributed by atoms with Crippen LogP contribution in [-0.4, -0.2) is 36.6 Å². The topological polar surface area (TPSA) is 55.6 Å². The first-order chi connectivity index (χ1) is 8.09. The Labute approximate surface area is 109 Å². The Bertz CT molecular complexity index is 437. The summed E-state index contributed by atoms with van der Waals surface area (Å²) in [5, 5.41) is 0. The highest BCUT2D eigenvalue weighted by Gasteiger charge is 2.25. The van der Waals surface area contributed by atoms with E-state index in [1.807, 2.05) is 17.9 Å². The van der Waals surface area contributed by atoms with Gasteiger partial charge in [-0.25, -0.2) is 0 Å². The Morgan fingerprint density at radius 3 is 3.00 bits per heavy atom. The van der Waals surface area contributed by atoms with Crippen LogP contribution in [0.3, 0.4) is 0 Å². The van der Waals surface area contributed by atoms with E-state index in [2.05, 4.69) is 15.9 Å². The van der Waals surface area contributed by atoms with Crippen LogP contribution in [0.5, 0.6) is 0 Å². The van der Waals surface area contributed by atoms with Crippen molar-refractivity contribution in [3.8, 4) is 0 Å². The van der Waals surface area contributed by atoms with E-state index in [4.69, 9.17) is 10.5 Å². The van der Waals surface area contributed by atoms with Crippen LogP contribution in [0.15, 0.2) is 22.7 Å². The lowest BCUT2D eigenvalue weighted by Crippen LogP contribution is -2.47. The highest BCUT2D eigenvalue weighted by Crippen LogP contribution is 2.21. The second-order valence-corrected chi connectivity index (χ2v) is 5.07. The fourth-order valence-electron chi connectivity index (χ4n) is 1.91. The highest BCUT2D eigenvalue weighted by molar-refractivity contribution is 9.10. The summed E-state index contributed by atoms with van der Waals surface area (Å²) in [6.45, 7) is 3.77. The van der Waals surface area contributed by atoms with Gasteiger partial charge in [0, 0.05) is 16.7 Å². The number of nitrogens with two attached hydrogens (primary N) is 1. The number of anilines is 1. The van der Waals surface area contributed by atoms with Crippen LogP contribution in [-0.2, 0) is 4.74 Å².